The molecule has 3 N–H and O–H groups in total. The minimum absolute atomic E-state index is 0.0239. The summed E-state index contributed by atoms with van der Waals surface area (Å²) in [5.74, 6) is -0.997. The Hall–Kier alpha value is -0.390. The summed E-state index contributed by atoms with van der Waals surface area (Å²) in [6.07, 6.45) is 0. The van der Waals surface area contributed by atoms with Crippen molar-refractivity contribution in [3.63, 3.8) is 0 Å². The fourth-order valence-corrected chi connectivity index (χ4v) is 7.07. The van der Waals surface area contributed by atoms with E-state index in [0.29, 0.717) is 47.3 Å². The van der Waals surface area contributed by atoms with E-state index in [4.69, 9.17) is 16.0 Å². The maximum absolute atomic E-state index is 12.1. The lowest BCUT2D eigenvalue weighted by Crippen LogP contribution is -2.02. The molecule has 1 aromatic heterocycles. The molecule has 0 radical (unpaired) electrons. The minimum Gasteiger partial charge on any atom is -0.505 e. The Labute approximate surface area is 229 Å². The van der Waals surface area contributed by atoms with Gasteiger partial charge in [0.05, 0.1) is 28.5 Å². The molecule has 1 heterocycles. The molecule has 152 valence electrons. The van der Waals surface area contributed by atoms with E-state index in [1.807, 2.05) is 90.4 Å². The number of halogens is 5. The van der Waals surface area contributed by atoms with E-state index in [9.17, 15) is 20.1 Å². The molecule has 0 aliphatic carbocycles. The molecule has 0 amide bonds. The lowest BCUT2D eigenvalue weighted by molar-refractivity contribution is 0.0698. The van der Waals surface area contributed by atoms with Gasteiger partial charge in [-0.05, 0) is 114 Å². The molecule has 0 fully saturated rings. The number of hydrogen-bond acceptors (Lipinski definition) is 3. The second-order valence-electron chi connectivity index (χ2n) is 6.24. The van der Waals surface area contributed by atoms with Crippen molar-refractivity contribution in [3.8, 4) is 22.6 Å². The number of carbonyl (C=O) groups is 1. The molecule has 0 aliphatic rings. The van der Waals surface area contributed by atoms with Crippen molar-refractivity contribution in [2.24, 2.45) is 0 Å². The van der Waals surface area contributed by atoms with Gasteiger partial charge < -0.3 is 15.3 Å². The van der Waals surface area contributed by atoms with Gasteiger partial charge in [-0.3, -0.25) is 0 Å². The maximum atomic E-state index is 12.1. The Morgan fingerprint density at radius 1 is 0.900 bits per heavy atom. The number of aromatic carboxylic acids is 1. The third-order valence-electron chi connectivity index (χ3n) is 4.54. The van der Waals surface area contributed by atoms with Gasteiger partial charge in [-0.2, -0.15) is 0 Å². The molecule has 0 unspecified atom stereocenters. The summed E-state index contributed by atoms with van der Waals surface area (Å²) in [4.78, 5) is 12.1. The van der Waals surface area contributed by atoms with E-state index in [0.717, 1.165) is 0 Å². The average molecular weight is 871 g/mol. The molecule has 3 aromatic carbocycles. The van der Waals surface area contributed by atoms with Crippen molar-refractivity contribution in [3.05, 3.63) is 55.2 Å². The molecule has 0 atom stereocenters. The summed E-state index contributed by atoms with van der Waals surface area (Å²) < 4.78 is 8.33. The van der Waals surface area contributed by atoms with Crippen LogP contribution in [0.3, 0.4) is 0 Å². The summed E-state index contributed by atoms with van der Waals surface area (Å²) in [6, 6.07) is 8.43. The van der Waals surface area contributed by atoms with Gasteiger partial charge >= 0.3 is 17.1 Å². The van der Waals surface area contributed by atoms with Crippen LogP contribution in [0.5, 0.6) is 11.5 Å². The van der Waals surface area contributed by atoms with E-state index in [1.54, 1.807) is 24.3 Å². The summed E-state index contributed by atoms with van der Waals surface area (Å²) >= 11 is 14.3. The van der Waals surface area contributed by atoms with Gasteiger partial charge in [-0.25, -0.2) is 9.21 Å². The highest BCUT2D eigenvalue weighted by Gasteiger charge is 2.31. The number of aromatic hydroxyl groups is 2. The largest absolute Gasteiger partial charge is 0.505 e. The third-order valence-corrected chi connectivity index (χ3v) is 8.50. The molecule has 4 rings (SSSR count). The van der Waals surface area contributed by atoms with Crippen LogP contribution in [-0.2, 0) is 0 Å². The summed E-state index contributed by atoms with van der Waals surface area (Å²) in [7, 11) is 0. The first-order chi connectivity index (χ1) is 14.1. The van der Waals surface area contributed by atoms with Crippen molar-refractivity contribution in [2.75, 3.05) is 0 Å². The van der Waals surface area contributed by atoms with Crippen LogP contribution < -0.4 is 0 Å². The zero-order valence-electron chi connectivity index (χ0n) is 14.4. The summed E-state index contributed by atoms with van der Waals surface area (Å²) in [6.45, 7) is 0. The van der Waals surface area contributed by atoms with Crippen LogP contribution in [0.25, 0.3) is 33.1 Å². The van der Waals surface area contributed by atoms with E-state index in [2.05, 4.69) is 0 Å². The highest BCUT2D eigenvalue weighted by molar-refractivity contribution is 14.1. The van der Waals surface area contributed by atoms with Crippen molar-refractivity contribution in [1.82, 2.24) is 0 Å². The zero-order valence-corrected chi connectivity index (χ0v) is 23.8. The van der Waals surface area contributed by atoms with Gasteiger partial charge in [-0.1, -0.05) is 23.7 Å². The predicted molar refractivity (Wildman–Crippen MR) is 150 cm³/mol. The number of carboxylic acids is 1. The van der Waals surface area contributed by atoms with Crippen molar-refractivity contribution >= 4 is 130 Å². The van der Waals surface area contributed by atoms with Crippen molar-refractivity contribution in [2.45, 2.75) is 0 Å². The van der Waals surface area contributed by atoms with Crippen LogP contribution in [0.15, 0.2) is 34.7 Å². The lowest BCUT2D eigenvalue weighted by atomic mass is 9.93. The van der Waals surface area contributed by atoms with Crippen LogP contribution in [0, 0.1) is 14.3 Å². The summed E-state index contributed by atoms with van der Waals surface area (Å²) in [5, 5.41) is 32.2. The van der Waals surface area contributed by atoms with Gasteiger partial charge in [0.2, 0.25) is 0 Å². The topological polar surface area (TPSA) is 89.1 Å². The van der Waals surface area contributed by atoms with Crippen LogP contribution in [0.1, 0.15) is 10.4 Å². The highest BCUT2D eigenvalue weighted by Crippen LogP contribution is 2.46. The van der Waals surface area contributed by atoms with E-state index < -0.39 is 5.97 Å². The standard InChI is InChI=1S/C20H7ClI4O5/c21-9-3-1-2-6(13(9)20(28)29)12-7-4-10(22)16(26)14(24)18(7)30-19-8(12)5-11(23)17(27)15(19)25/h1-5H,(H2-,26,27,28,29)/p+1. The highest BCUT2D eigenvalue weighted by atomic mass is 127. The van der Waals surface area contributed by atoms with Crippen LogP contribution in [-0.4, -0.2) is 21.3 Å². The molecular weight excluding hydrogens is 863 g/mol. The molecule has 0 spiro atoms. The number of phenols is 2. The number of fused-ring (bicyclic) bond motifs is 2. The maximum Gasteiger partial charge on any atom is 0.378 e. The lowest BCUT2D eigenvalue weighted by Gasteiger charge is -2.12. The Morgan fingerprint density at radius 2 is 1.40 bits per heavy atom. The average Bonchev–Trinajstić information content (AvgIpc) is 2.69. The second kappa shape index (κ2) is 8.51. The first-order valence-corrected chi connectivity index (χ1v) is 12.8. The number of carboxylic acid groups (broad SMARTS) is 1. The first kappa shape index (κ1) is 22.8. The van der Waals surface area contributed by atoms with Gasteiger partial charge in [0.15, 0.2) is 18.6 Å². The Bertz CT molecular complexity index is 1330. The second-order valence-corrected chi connectivity index (χ2v) is 11.1. The molecule has 0 bridgehead atoms. The Morgan fingerprint density at radius 3 is 1.87 bits per heavy atom. The molecule has 10 heteroatoms. The molecule has 5 nitrogen and oxygen atoms in total. The van der Waals surface area contributed by atoms with Gasteiger partial charge in [-0.15, -0.1) is 0 Å². The Balaban J connectivity index is 2.37. The van der Waals surface area contributed by atoms with Crippen LogP contribution in [0.4, 0.5) is 0 Å². The Kier molecular flexibility index (Phi) is 6.47. The van der Waals surface area contributed by atoms with Gasteiger partial charge in [0.1, 0.15) is 0 Å². The number of rotatable bonds is 2. The zero-order chi connectivity index (χ0) is 21.9. The molecule has 0 saturated carbocycles. The SMILES string of the molecule is O=C(O)c1c(Cl)cccc1-c1c2cc(I)c(O)c(I)c2[o+]c2c(I)c(O)c(I)cc12. The smallest absolute Gasteiger partial charge is 0.378 e. The first-order valence-electron chi connectivity index (χ1n) is 8.13. The third kappa shape index (κ3) is 3.61. The normalized spacial score (nSPS) is 11.4. The fourth-order valence-electron chi connectivity index (χ4n) is 3.24. The van der Waals surface area contributed by atoms with E-state index in [1.165, 1.54) is 6.07 Å². The molecule has 4 aromatic rings. The number of benzene rings is 3. The van der Waals surface area contributed by atoms with Crippen molar-refractivity contribution in [1.29, 1.82) is 0 Å². The quantitative estimate of drug-likeness (QED) is 0.109. The van der Waals surface area contributed by atoms with E-state index >= 15 is 0 Å². The van der Waals surface area contributed by atoms with Crippen molar-refractivity contribution < 1.29 is 24.5 Å². The molecule has 0 saturated heterocycles. The van der Waals surface area contributed by atoms with Gasteiger partial charge in [0, 0.05) is 5.56 Å². The molecule has 30 heavy (non-hydrogen) atoms. The number of hydrogen-bond donors (Lipinski definition) is 3. The number of phenolic OH excluding ortho intramolecular Hbond substituents is 2. The van der Waals surface area contributed by atoms with Gasteiger partial charge in [0.25, 0.3) is 0 Å². The summed E-state index contributed by atoms with van der Waals surface area (Å²) in [5.41, 5.74) is 1.80. The predicted octanol–water partition coefficient (Wildman–Crippen LogP) is 7.72. The fraction of sp³-hybridized carbons (Fsp3) is 0. The van der Waals surface area contributed by atoms with E-state index in [-0.39, 0.29) is 22.1 Å². The van der Waals surface area contributed by atoms with Crippen LogP contribution in [0.2, 0.25) is 5.02 Å². The molecular formula is C20H8ClI4O5+. The minimum atomic E-state index is -1.15. The monoisotopic (exact) mass is 871 g/mol. The van der Waals surface area contributed by atoms with Crippen LogP contribution >= 0.6 is 102 Å². The molecule has 0 aliphatic heterocycles.